The van der Waals surface area contributed by atoms with E-state index in [1.54, 1.807) is 6.20 Å². The zero-order valence-corrected chi connectivity index (χ0v) is 8.06. The Hall–Kier alpha value is -0.850. The fraction of sp³-hybridized carbons (Fsp3) is 0.583. The van der Waals surface area contributed by atoms with Crippen LogP contribution < -0.4 is 0 Å². The standard InChI is InChI=1S/C11H17N.CH4/c1-4-12-10(3)11-8-6-5-7-9(11)2;/h4H,1,5-8H2,2-3H3;1H4. The molecule has 0 aromatic rings. The van der Waals surface area contributed by atoms with Gasteiger partial charge in [0.1, 0.15) is 0 Å². The van der Waals surface area contributed by atoms with E-state index < -0.39 is 0 Å². The molecule has 1 aliphatic carbocycles. The summed E-state index contributed by atoms with van der Waals surface area (Å²) in [5, 5.41) is 0. The molecule has 0 aliphatic heterocycles. The predicted molar refractivity (Wildman–Crippen MR) is 61.2 cm³/mol. The highest BCUT2D eigenvalue weighted by Crippen LogP contribution is 2.25. The van der Waals surface area contributed by atoms with E-state index >= 15 is 0 Å². The third-order valence-electron chi connectivity index (χ3n) is 2.47. The Morgan fingerprint density at radius 2 is 2.00 bits per heavy atom. The topological polar surface area (TPSA) is 12.4 Å². The summed E-state index contributed by atoms with van der Waals surface area (Å²) in [6.07, 6.45) is 6.74. The summed E-state index contributed by atoms with van der Waals surface area (Å²) in [7, 11) is 0. The first-order valence-electron chi connectivity index (χ1n) is 4.60. The van der Waals surface area contributed by atoms with E-state index in [0.29, 0.717) is 0 Å². The molecule has 1 aliphatic rings. The first kappa shape index (κ1) is 12.2. The summed E-state index contributed by atoms with van der Waals surface area (Å²) in [5.74, 6) is 0. The molecule has 0 aromatic carbocycles. The van der Waals surface area contributed by atoms with Crippen LogP contribution in [-0.2, 0) is 0 Å². The molecule has 0 bridgehead atoms. The third-order valence-corrected chi connectivity index (χ3v) is 2.47. The van der Waals surface area contributed by atoms with Crippen molar-refractivity contribution in [2.45, 2.75) is 47.0 Å². The lowest BCUT2D eigenvalue weighted by Gasteiger charge is -2.16. The van der Waals surface area contributed by atoms with Crippen LogP contribution in [0.5, 0.6) is 0 Å². The number of hydrogen-bond acceptors (Lipinski definition) is 1. The van der Waals surface area contributed by atoms with E-state index in [1.807, 2.05) is 0 Å². The second-order valence-electron chi connectivity index (χ2n) is 3.36. The van der Waals surface area contributed by atoms with Crippen LogP contribution in [0.2, 0.25) is 0 Å². The average Bonchev–Trinajstić information content (AvgIpc) is 2.05. The zero-order chi connectivity index (χ0) is 8.97. The number of allylic oxidation sites excluding steroid dienone is 2. The van der Waals surface area contributed by atoms with Crippen LogP contribution in [0.15, 0.2) is 28.9 Å². The molecule has 0 fully saturated rings. The summed E-state index contributed by atoms with van der Waals surface area (Å²) in [6, 6.07) is 0. The van der Waals surface area contributed by atoms with Crippen molar-refractivity contribution in [3.8, 4) is 0 Å². The van der Waals surface area contributed by atoms with Gasteiger partial charge in [-0.25, -0.2) is 0 Å². The quantitative estimate of drug-likeness (QED) is 0.565. The summed E-state index contributed by atoms with van der Waals surface area (Å²) in [4.78, 5) is 4.22. The minimum atomic E-state index is 0. The van der Waals surface area contributed by atoms with Gasteiger partial charge in [0, 0.05) is 11.9 Å². The van der Waals surface area contributed by atoms with Gasteiger partial charge in [0.25, 0.3) is 0 Å². The van der Waals surface area contributed by atoms with Crippen molar-refractivity contribution in [3.05, 3.63) is 23.9 Å². The van der Waals surface area contributed by atoms with Crippen LogP contribution in [0.4, 0.5) is 0 Å². The predicted octanol–water partition coefficient (Wildman–Crippen LogP) is 4.12. The Morgan fingerprint density at radius 3 is 2.54 bits per heavy atom. The fourth-order valence-electron chi connectivity index (χ4n) is 1.76. The summed E-state index contributed by atoms with van der Waals surface area (Å²) >= 11 is 0. The van der Waals surface area contributed by atoms with Gasteiger partial charge in [-0.1, -0.05) is 19.6 Å². The molecule has 0 unspecified atom stereocenters. The maximum absolute atomic E-state index is 4.22. The molecule has 0 spiro atoms. The van der Waals surface area contributed by atoms with E-state index in [0.717, 1.165) is 5.71 Å². The second kappa shape index (κ2) is 5.74. The molecule has 0 saturated heterocycles. The molecular weight excluding hydrogens is 158 g/mol. The highest BCUT2D eigenvalue weighted by Gasteiger charge is 2.10. The molecule has 0 saturated carbocycles. The van der Waals surface area contributed by atoms with Gasteiger partial charge in [0.15, 0.2) is 0 Å². The molecular formula is C12H21N. The lowest BCUT2D eigenvalue weighted by molar-refractivity contribution is 0.688. The zero-order valence-electron chi connectivity index (χ0n) is 8.06. The molecule has 0 heterocycles. The monoisotopic (exact) mass is 179 g/mol. The molecule has 0 N–H and O–H groups in total. The molecule has 0 aromatic heterocycles. The maximum Gasteiger partial charge on any atom is 0.0403 e. The number of nitrogens with zero attached hydrogens (tertiary/aromatic N) is 1. The van der Waals surface area contributed by atoms with Crippen molar-refractivity contribution < 1.29 is 0 Å². The van der Waals surface area contributed by atoms with Crippen LogP contribution in [0.1, 0.15) is 47.0 Å². The van der Waals surface area contributed by atoms with Crippen LogP contribution in [0.25, 0.3) is 0 Å². The summed E-state index contributed by atoms with van der Waals surface area (Å²) in [6.45, 7) is 7.90. The van der Waals surface area contributed by atoms with E-state index in [-0.39, 0.29) is 7.43 Å². The maximum atomic E-state index is 4.22. The SMILES string of the molecule is C.C=CN=C(C)C1=C(C)CCCC1. The van der Waals surface area contributed by atoms with Gasteiger partial charge >= 0.3 is 0 Å². The molecule has 1 rings (SSSR count). The van der Waals surface area contributed by atoms with Crippen molar-refractivity contribution in [3.63, 3.8) is 0 Å². The van der Waals surface area contributed by atoms with Gasteiger partial charge < -0.3 is 0 Å². The minimum Gasteiger partial charge on any atom is -0.262 e. The molecule has 0 amide bonds. The van der Waals surface area contributed by atoms with Crippen molar-refractivity contribution in [1.82, 2.24) is 0 Å². The van der Waals surface area contributed by atoms with Crippen LogP contribution in [-0.4, -0.2) is 5.71 Å². The highest BCUT2D eigenvalue weighted by atomic mass is 14.7. The van der Waals surface area contributed by atoms with Gasteiger partial charge in [0.05, 0.1) is 0 Å². The van der Waals surface area contributed by atoms with Crippen molar-refractivity contribution in [2.24, 2.45) is 4.99 Å². The Morgan fingerprint density at radius 1 is 1.38 bits per heavy atom. The third kappa shape index (κ3) is 3.17. The Labute approximate surface area is 82.3 Å². The Bertz CT molecular complexity index is 228. The van der Waals surface area contributed by atoms with Crippen molar-refractivity contribution in [1.29, 1.82) is 0 Å². The minimum absolute atomic E-state index is 0. The molecule has 0 atom stereocenters. The van der Waals surface area contributed by atoms with Gasteiger partial charge in [-0.2, -0.15) is 0 Å². The summed E-state index contributed by atoms with van der Waals surface area (Å²) < 4.78 is 0. The van der Waals surface area contributed by atoms with E-state index in [9.17, 15) is 0 Å². The van der Waals surface area contributed by atoms with Crippen molar-refractivity contribution >= 4 is 5.71 Å². The molecule has 1 nitrogen and oxygen atoms in total. The van der Waals surface area contributed by atoms with E-state index in [4.69, 9.17) is 0 Å². The first-order valence-corrected chi connectivity index (χ1v) is 4.60. The average molecular weight is 179 g/mol. The fourth-order valence-corrected chi connectivity index (χ4v) is 1.76. The molecule has 1 heteroatoms. The van der Waals surface area contributed by atoms with Gasteiger partial charge in [-0.15, -0.1) is 0 Å². The Kier molecular flexibility index (Phi) is 5.36. The second-order valence-corrected chi connectivity index (χ2v) is 3.36. The number of rotatable bonds is 2. The van der Waals surface area contributed by atoms with Gasteiger partial charge in [-0.05, 0) is 45.1 Å². The van der Waals surface area contributed by atoms with Crippen molar-refractivity contribution in [2.75, 3.05) is 0 Å². The highest BCUT2D eigenvalue weighted by molar-refractivity contribution is 5.99. The molecule has 74 valence electrons. The van der Waals surface area contributed by atoms with E-state index in [1.165, 1.54) is 36.8 Å². The summed E-state index contributed by atoms with van der Waals surface area (Å²) in [5.41, 5.74) is 4.13. The van der Waals surface area contributed by atoms with E-state index in [2.05, 4.69) is 25.4 Å². The normalized spacial score (nSPS) is 18.2. The van der Waals surface area contributed by atoms with Crippen LogP contribution >= 0.6 is 0 Å². The number of hydrogen-bond donors (Lipinski definition) is 0. The number of aliphatic imine (C=N–C) groups is 1. The Balaban J connectivity index is 0.00000144. The van der Waals surface area contributed by atoms with Gasteiger partial charge in [-0.3, -0.25) is 4.99 Å². The lowest BCUT2D eigenvalue weighted by Crippen LogP contribution is -2.05. The first-order chi connectivity index (χ1) is 5.75. The van der Waals surface area contributed by atoms with Gasteiger partial charge in [0.2, 0.25) is 0 Å². The molecule has 0 radical (unpaired) electrons. The van der Waals surface area contributed by atoms with Crippen LogP contribution in [0, 0.1) is 0 Å². The molecule has 13 heavy (non-hydrogen) atoms. The smallest absolute Gasteiger partial charge is 0.0403 e. The lowest BCUT2D eigenvalue weighted by atomic mass is 9.90. The van der Waals surface area contributed by atoms with Crippen LogP contribution in [0.3, 0.4) is 0 Å². The largest absolute Gasteiger partial charge is 0.262 e.